The number of nitrogens with two attached hydrogens (primary N) is 1. The van der Waals surface area contributed by atoms with Crippen LogP contribution in [0.2, 0.25) is 0 Å². The monoisotopic (exact) mass is 406 g/mol. The number of nitrogens with zero attached hydrogens (tertiary/aromatic N) is 1. The van der Waals surface area contributed by atoms with E-state index in [1.165, 1.54) is 4.68 Å². The van der Waals surface area contributed by atoms with Gasteiger partial charge in [0.05, 0.1) is 25.2 Å². The number of aromatic nitrogens is 1. The number of rotatable bonds is 5. The minimum Gasteiger partial charge on any atom is -0.496 e. The Bertz CT molecular complexity index is 980. The summed E-state index contributed by atoms with van der Waals surface area (Å²) in [6.07, 6.45) is 2.62. The van der Waals surface area contributed by atoms with E-state index in [1.54, 1.807) is 20.2 Å². The van der Waals surface area contributed by atoms with Crippen LogP contribution in [0.25, 0.3) is 11.1 Å². The van der Waals surface area contributed by atoms with Gasteiger partial charge in [0.25, 0.3) is 0 Å². The number of sulfone groups is 1. The fourth-order valence-corrected chi connectivity index (χ4v) is 5.38. The van der Waals surface area contributed by atoms with Crippen molar-refractivity contribution in [2.24, 2.45) is 0 Å². The predicted molar refractivity (Wildman–Crippen MR) is 108 cm³/mol. The molecule has 1 fully saturated rings. The number of esters is 1. The van der Waals surface area contributed by atoms with E-state index in [1.807, 2.05) is 25.1 Å². The number of ether oxygens (including phenoxy) is 2. The highest BCUT2D eigenvalue weighted by atomic mass is 32.2. The van der Waals surface area contributed by atoms with E-state index >= 15 is 0 Å². The van der Waals surface area contributed by atoms with Crippen LogP contribution in [0.1, 0.15) is 47.3 Å². The van der Waals surface area contributed by atoms with E-state index in [9.17, 15) is 13.2 Å². The maximum atomic E-state index is 12.6. The minimum atomic E-state index is -3.03. The van der Waals surface area contributed by atoms with Gasteiger partial charge >= 0.3 is 5.97 Å². The second-order valence-corrected chi connectivity index (χ2v) is 9.30. The largest absolute Gasteiger partial charge is 0.496 e. The summed E-state index contributed by atoms with van der Waals surface area (Å²) in [4.78, 5) is 12.6. The molecule has 2 aromatic rings. The van der Waals surface area contributed by atoms with E-state index in [4.69, 9.17) is 15.3 Å². The molecule has 1 aromatic carbocycles. The van der Waals surface area contributed by atoms with Gasteiger partial charge in [0, 0.05) is 11.8 Å². The molecule has 3 rings (SSSR count). The lowest BCUT2D eigenvalue weighted by Gasteiger charge is -2.24. The van der Waals surface area contributed by atoms with Gasteiger partial charge in [0.15, 0.2) is 5.69 Å². The summed E-state index contributed by atoms with van der Waals surface area (Å²) in [5.41, 5.74) is 3.68. The van der Waals surface area contributed by atoms with Crippen molar-refractivity contribution in [2.45, 2.75) is 32.6 Å². The molecule has 28 heavy (non-hydrogen) atoms. The first kappa shape index (κ1) is 20.3. The van der Waals surface area contributed by atoms with Gasteiger partial charge in [0.2, 0.25) is 0 Å². The van der Waals surface area contributed by atoms with Crippen LogP contribution >= 0.6 is 0 Å². The van der Waals surface area contributed by atoms with Gasteiger partial charge in [-0.15, -0.1) is 0 Å². The normalized spacial score (nSPS) is 16.7. The summed E-state index contributed by atoms with van der Waals surface area (Å²) < 4.78 is 35.8. The number of hydrogen-bond donors (Lipinski definition) is 1. The van der Waals surface area contributed by atoms with Gasteiger partial charge in [-0.2, -0.15) is 0 Å². The maximum absolute atomic E-state index is 12.6. The number of carbonyl (C=O) groups is 1. The fourth-order valence-electron chi connectivity index (χ4n) is 3.89. The third-order valence-corrected chi connectivity index (χ3v) is 7.01. The molecule has 152 valence electrons. The zero-order valence-electron chi connectivity index (χ0n) is 16.4. The smallest absolute Gasteiger partial charge is 0.357 e. The highest BCUT2D eigenvalue weighted by molar-refractivity contribution is 7.91. The highest BCUT2D eigenvalue weighted by Gasteiger charge is 2.33. The summed E-state index contributed by atoms with van der Waals surface area (Å²) in [5.74, 6) is 6.51. The fraction of sp³-hybridized carbons (Fsp3) is 0.450. The lowest BCUT2D eigenvalue weighted by atomic mass is 9.87. The van der Waals surface area contributed by atoms with Crippen LogP contribution in [0.3, 0.4) is 0 Å². The van der Waals surface area contributed by atoms with Crippen LogP contribution in [-0.4, -0.2) is 44.3 Å². The summed E-state index contributed by atoms with van der Waals surface area (Å²) in [6, 6.07) is 5.71. The Labute approximate surface area is 165 Å². The van der Waals surface area contributed by atoms with Gasteiger partial charge < -0.3 is 15.3 Å². The van der Waals surface area contributed by atoms with E-state index in [0.29, 0.717) is 12.8 Å². The topological polar surface area (TPSA) is 101 Å². The second kappa shape index (κ2) is 7.87. The molecule has 1 aliphatic heterocycles. The third kappa shape index (κ3) is 3.73. The Morgan fingerprint density at radius 2 is 1.93 bits per heavy atom. The first-order valence-electron chi connectivity index (χ1n) is 9.30. The molecule has 0 unspecified atom stereocenters. The van der Waals surface area contributed by atoms with Crippen LogP contribution < -0.4 is 10.6 Å². The number of hydrogen-bond acceptors (Lipinski definition) is 6. The van der Waals surface area contributed by atoms with Crippen LogP contribution in [0.4, 0.5) is 0 Å². The Kier molecular flexibility index (Phi) is 5.69. The van der Waals surface area contributed by atoms with Gasteiger partial charge in [-0.1, -0.05) is 12.1 Å². The van der Waals surface area contributed by atoms with Crippen LogP contribution in [0.5, 0.6) is 5.75 Å². The average Bonchev–Trinajstić information content (AvgIpc) is 2.99. The molecule has 0 spiro atoms. The van der Waals surface area contributed by atoms with Crippen LogP contribution in [0, 0.1) is 6.92 Å². The zero-order chi connectivity index (χ0) is 20.5. The average molecular weight is 407 g/mol. The quantitative estimate of drug-likeness (QED) is 0.605. The Morgan fingerprint density at radius 3 is 2.54 bits per heavy atom. The first-order chi connectivity index (χ1) is 13.3. The van der Waals surface area contributed by atoms with Crippen molar-refractivity contribution in [2.75, 3.05) is 31.1 Å². The Hall–Kier alpha value is -2.48. The molecule has 0 amide bonds. The molecular weight excluding hydrogens is 380 g/mol. The molecule has 0 atom stereocenters. The van der Waals surface area contributed by atoms with Crippen molar-refractivity contribution in [1.29, 1.82) is 0 Å². The van der Waals surface area contributed by atoms with E-state index in [-0.39, 0.29) is 29.7 Å². The molecule has 1 aliphatic rings. The molecule has 0 saturated carbocycles. The molecule has 0 bridgehead atoms. The van der Waals surface area contributed by atoms with E-state index < -0.39 is 15.8 Å². The lowest BCUT2D eigenvalue weighted by Crippen LogP contribution is -2.25. The van der Waals surface area contributed by atoms with Gasteiger partial charge in [-0.25, -0.2) is 13.2 Å². The van der Waals surface area contributed by atoms with Gasteiger partial charge in [-0.05, 0) is 55.4 Å². The van der Waals surface area contributed by atoms with E-state index in [2.05, 4.69) is 0 Å². The van der Waals surface area contributed by atoms with Crippen molar-refractivity contribution in [1.82, 2.24) is 4.68 Å². The standard InChI is InChI=1S/C20H26N2O5S/c1-4-27-20(23)19-18(14-8-10-28(24,25)11-9-14)16(12-22(19)21)15-6-5-7-17(26-3)13(15)2/h5-7,12,14H,4,8-11,21H2,1-3H3. The molecule has 0 aliphatic carbocycles. The molecule has 0 radical (unpaired) electrons. The molecule has 1 saturated heterocycles. The Morgan fingerprint density at radius 1 is 1.25 bits per heavy atom. The molecule has 2 N–H and O–H groups in total. The zero-order valence-corrected chi connectivity index (χ0v) is 17.2. The third-order valence-electron chi connectivity index (χ3n) is 5.30. The summed E-state index contributed by atoms with van der Waals surface area (Å²) >= 11 is 0. The van der Waals surface area contributed by atoms with Gasteiger partial charge in [0.1, 0.15) is 15.6 Å². The molecule has 2 heterocycles. The second-order valence-electron chi connectivity index (χ2n) is 6.99. The SMILES string of the molecule is CCOC(=O)c1c(C2CCS(=O)(=O)CC2)c(-c2cccc(OC)c2C)cn1N. The molecule has 8 heteroatoms. The van der Waals surface area contributed by atoms with Gasteiger partial charge in [-0.3, -0.25) is 4.68 Å². The van der Waals surface area contributed by atoms with Crippen LogP contribution in [-0.2, 0) is 14.6 Å². The number of benzene rings is 1. The summed E-state index contributed by atoms with van der Waals surface area (Å²) in [5, 5.41) is 0. The van der Waals surface area contributed by atoms with Crippen molar-refractivity contribution < 1.29 is 22.7 Å². The number of methoxy groups -OCH3 is 1. The van der Waals surface area contributed by atoms with E-state index in [0.717, 1.165) is 28.0 Å². The van der Waals surface area contributed by atoms with Crippen molar-refractivity contribution in [3.05, 3.63) is 41.2 Å². The number of nitrogen functional groups attached to an aromatic ring is 1. The number of carbonyl (C=O) groups excluding carboxylic acids is 1. The predicted octanol–water partition coefficient (Wildman–Crippen LogP) is 2.65. The highest BCUT2D eigenvalue weighted by Crippen LogP contribution is 2.41. The first-order valence-corrected chi connectivity index (χ1v) is 11.1. The maximum Gasteiger partial charge on any atom is 0.357 e. The van der Waals surface area contributed by atoms with Crippen molar-refractivity contribution in [3.8, 4) is 16.9 Å². The van der Waals surface area contributed by atoms with Crippen molar-refractivity contribution in [3.63, 3.8) is 0 Å². The summed E-state index contributed by atoms with van der Waals surface area (Å²) in [7, 11) is -1.42. The summed E-state index contributed by atoms with van der Waals surface area (Å²) in [6.45, 7) is 3.92. The lowest BCUT2D eigenvalue weighted by molar-refractivity contribution is 0.0514. The molecular formula is C20H26N2O5S. The Balaban J connectivity index is 2.18. The van der Waals surface area contributed by atoms with Crippen molar-refractivity contribution >= 4 is 15.8 Å². The molecule has 7 nitrogen and oxygen atoms in total. The van der Waals surface area contributed by atoms with Crippen LogP contribution in [0.15, 0.2) is 24.4 Å². The molecule has 1 aromatic heterocycles. The minimum absolute atomic E-state index is 0.0895.